The number of pyridine rings is 1. The van der Waals surface area contributed by atoms with Gasteiger partial charge in [-0.1, -0.05) is 0 Å². The van der Waals surface area contributed by atoms with Gasteiger partial charge < -0.3 is 14.8 Å². The van der Waals surface area contributed by atoms with Gasteiger partial charge in [0.25, 0.3) is 0 Å². The molecule has 9 heteroatoms. The first-order chi connectivity index (χ1) is 12.2. The van der Waals surface area contributed by atoms with Gasteiger partial charge in [-0.2, -0.15) is 10.2 Å². The molecule has 0 atom stereocenters. The molecule has 0 bridgehead atoms. The van der Waals surface area contributed by atoms with E-state index in [1.165, 1.54) is 13.0 Å². The van der Waals surface area contributed by atoms with Crippen LogP contribution >= 0.6 is 0 Å². The zero-order valence-electron chi connectivity index (χ0n) is 16.5. The highest BCUT2D eigenvalue weighted by atomic mass is 16.6. The van der Waals surface area contributed by atoms with Crippen LogP contribution in [-0.2, 0) is 14.3 Å². The molecule has 0 radical (unpaired) electrons. The maximum atomic E-state index is 12.7. The lowest BCUT2D eigenvalue weighted by Crippen LogP contribution is -2.44. The van der Waals surface area contributed by atoms with Crippen molar-refractivity contribution in [3.63, 3.8) is 0 Å². The first kappa shape index (κ1) is 21.9. The Bertz CT molecular complexity index is 756. The second kappa shape index (κ2) is 8.03. The van der Waals surface area contributed by atoms with E-state index in [0.29, 0.717) is 4.90 Å². The molecule has 1 N–H and O–H groups in total. The standard InChI is InChI=1S/C18H24N4O5/c1-11(23)21-14-8-13(12(9-19)10-20-14)22(15(24)26-17(2,3)4)16(25)27-18(5,6)7/h8,10H,1-7H3,(H,20,21,23). The van der Waals surface area contributed by atoms with Crippen LogP contribution in [0.2, 0.25) is 0 Å². The third-order valence-electron chi connectivity index (χ3n) is 2.70. The fourth-order valence-corrected chi connectivity index (χ4v) is 1.85. The molecule has 0 spiro atoms. The van der Waals surface area contributed by atoms with Crippen molar-refractivity contribution in [3.8, 4) is 6.07 Å². The number of amides is 3. The van der Waals surface area contributed by atoms with Crippen molar-refractivity contribution in [1.82, 2.24) is 4.98 Å². The van der Waals surface area contributed by atoms with Crippen LogP contribution in [0.5, 0.6) is 0 Å². The molecule has 146 valence electrons. The quantitative estimate of drug-likeness (QED) is 0.837. The van der Waals surface area contributed by atoms with E-state index in [1.54, 1.807) is 41.5 Å². The molecule has 3 amide bonds. The number of hydrogen-bond donors (Lipinski definition) is 1. The van der Waals surface area contributed by atoms with E-state index < -0.39 is 29.3 Å². The summed E-state index contributed by atoms with van der Waals surface area (Å²) in [6.07, 6.45) is -0.899. The minimum absolute atomic E-state index is 0.0635. The molecule has 0 aliphatic heterocycles. The van der Waals surface area contributed by atoms with E-state index >= 15 is 0 Å². The lowest BCUT2D eigenvalue weighted by atomic mass is 10.2. The summed E-state index contributed by atoms with van der Waals surface area (Å²) in [4.78, 5) is 41.2. The van der Waals surface area contributed by atoms with Crippen molar-refractivity contribution < 1.29 is 23.9 Å². The van der Waals surface area contributed by atoms with E-state index in [2.05, 4.69) is 10.3 Å². The number of anilines is 2. The smallest absolute Gasteiger partial charge is 0.424 e. The molecule has 0 aliphatic rings. The number of aromatic nitrogens is 1. The number of nitrogens with one attached hydrogen (secondary N) is 1. The molecule has 1 heterocycles. The van der Waals surface area contributed by atoms with Gasteiger partial charge in [0.05, 0.1) is 11.3 Å². The van der Waals surface area contributed by atoms with E-state index in [0.717, 1.165) is 6.20 Å². The van der Waals surface area contributed by atoms with Gasteiger partial charge in [-0.05, 0) is 41.5 Å². The Hall–Kier alpha value is -3.15. The molecule has 0 unspecified atom stereocenters. The zero-order valence-corrected chi connectivity index (χ0v) is 16.5. The number of nitrogens with zero attached hydrogens (tertiary/aromatic N) is 3. The summed E-state index contributed by atoms with van der Waals surface area (Å²) in [7, 11) is 0. The Morgan fingerprint density at radius 1 is 1.07 bits per heavy atom. The fourth-order valence-electron chi connectivity index (χ4n) is 1.85. The van der Waals surface area contributed by atoms with Crippen molar-refractivity contribution in [2.45, 2.75) is 59.7 Å². The molecule has 0 saturated heterocycles. The highest BCUT2D eigenvalue weighted by Gasteiger charge is 2.34. The molecule has 1 rings (SSSR count). The summed E-state index contributed by atoms with van der Waals surface area (Å²) in [5.41, 5.74) is -1.96. The normalized spacial score (nSPS) is 11.2. The van der Waals surface area contributed by atoms with Crippen molar-refractivity contribution in [1.29, 1.82) is 5.26 Å². The molecule has 1 aromatic heterocycles. The minimum Gasteiger partial charge on any atom is -0.443 e. The summed E-state index contributed by atoms with van der Waals surface area (Å²) >= 11 is 0. The topological polar surface area (TPSA) is 122 Å². The number of imide groups is 1. The van der Waals surface area contributed by atoms with Crippen molar-refractivity contribution >= 4 is 29.6 Å². The van der Waals surface area contributed by atoms with E-state index in [-0.39, 0.29) is 17.1 Å². The predicted molar refractivity (Wildman–Crippen MR) is 98.2 cm³/mol. The largest absolute Gasteiger partial charge is 0.443 e. The average Bonchev–Trinajstić information content (AvgIpc) is 2.43. The fraction of sp³-hybridized carbons (Fsp3) is 0.500. The number of carbonyl (C=O) groups is 3. The summed E-state index contributed by atoms with van der Waals surface area (Å²) in [5.74, 6) is -0.340. The van der Waals surface area contributed by atoms with Gasteiger partial charge in [-0.25, -0.2) is 14.6 Å². The van der Waals surface area contributed by atoms with E-state index in [9.17, 15) is 19.6 Å². The molecule has 0 saturated carbocycles. The van der Waals surface area contributed by atoms with Crippen LogP contribution in [0.1, 0.15) is 54.0 Å². The summed E-state index contributed by atoms with van der Waals surface area (Å²) < 4.78 is 10.6. The van der Waals surface area contributed by atoms with Crippen molar-refractivity contribution in [2.75, 3.05) is 10.2 Å². The van der Waals surface area contributed by atoms with Gasteiger partial charge in [0, 0.05) is 19.2 Å². The summed E-state index contributed by atoms with van der Waals surface area (Å²) in [6.45, 7) is 11.1. The van der Waals surface area contributed by atoms with Crippen LogP contribution in [0.3, 0.4) is 0 Å². The maximum Gasteiger partial charge on any atom is 0.424 e. The third-order valence-corrected chi connectivity index (χ3v) is 2.70. The maximum absolute atomic E-state index is 12.7. The highest BCUT2D eigenvalue weighted by Crippen LogP contribution is 2.27. The van der Waals surface area contributed by atoms with Crippen LogP contribution in [0.25, 0.3) is 0 Å². The third kappa shape index (κ3) is 6.93. The van der Waals surface area contributed by atoms with Crippen LogP contribution < -0.4 is 10.2 Å². The SMILES string of the molecule is CC(=O)Nc1cc(N(C(=O)OC(C)(C)C)C(=O)OC(C)(C)C)c(C#N)cn1. The van der Waals surface area contributed by atoms with Crippen LogP contribution in [0.15, 0.2) is 12.3 Å². The lowest BCUT2D eigenvalue weighted by Gasteiger charge is -2.29. The van der Waals surface area contributed by atoms with Crippen molar-refractivity contribution in [3.05, 3.63) is 17.8 Å². The van der Waals surface area contributed by atoms with Gasteiger partial charge in [0.1, 0.15) is 23.1 Å². The molecule has 0 aliphatic carbocycles. The Kier molecular flexibility index (Phi) is 6.51. The number of carbonyl (C=O) groups excluding carboxylic acids is 3. The van der Waals surface area contributed by atoms with Gasteiger partial charge in [0.15, 0.2) is 0 Å². The first-order valence-corrected chi connectivity index (χ1v) is 8.17. The molecule has 9 nitrogen and oxygen atoms in total. The van der Waals surface area contributed by atoms with Gasteiger partial charge in [-0.15, -0.1) is 0 Å². The molecule has 27 heavy (non-hydrogen) atoms. The lowest BCUT2D eigenvalue weighted by molar-refractivity contribution is -0.114. The Labute approximate surface area is 158 Å². The van der Waals surface area contributed by atoms with Gasteiger partial charge >= 0.3 is 12.2 Å². The molecular formula is C18H24N4O5. The van der Waals surface area contributed by atoms with Crippen LogP contribution in [0, 0.1) is 11.3 Å². The van der Waals surface area contributed by atoms with Crippen LogP contribution in [-0.4, -0.2) is 34.3 Å². The van der Waals surface area contributed by atoms with E-state index in [1.807, 2.05) is 6.07 Å². The van der Waals surface area contributed by atoms with Gasteiger partial charge in [0.2, 0.25) is 5.91 Å². The number of hydrogen-bond acceptors (Lipinski definition) is 7. The average molecular weight is 376 g/mol. The van der Waals surface area contributed by atoms with Crippen molar-refractivity contribution in [2.24, 2.45) is 0 Å². The van der Waals surface area contributed by atoms with Crippen LogP contribution in [0.4, 0.5) is 21.1 Å². The molecule has 1 aromatic rings. The predicted octanol–water partition coefficient (Wildman–Crippen LogP) is 3.59. The number of nitriles is 1. The monoisotopic (exact) mass is 376 g/mol. The summed E-state index contributed by atoms with van der Waals surface area (Å²) in [6, 6.07) is 3.09. The highest BCUT2D eigenvalue weighted by molar-refractivity contribution is 6.10. The zero-order chi connectivity index (χ0) is 21.0. The van der Waals surface area contributed by atoms with E-state index in [4.69, 9.17) is 9.47 Å². The number of ether oxygens (including phenoxy) is 2. The summed E-state index contributed by atoms with van der Waals surface area (Å²) in [5, 5.41) is 11.8. The molecular weight excluding hydrogens is 352 g/mol. The molecule has 0 fully saturated rings. The Balaban J connectivity index is 3.49. The Morgan fingerprint density at radius 2 is 1.56 bits per heavy atom. The number of rotatable bonds is 2. The van der Waals surface area contributed by atoms with Gasteiger partial charge in [-0.3, -0.25) is 4.79 Å². The second-order valence-electron chi connectivity index (χ2n) is 7.68. The molecule has 0 aromatic carbocycles. The minimum atomic E-state index is -1.02. The first-order valence-electron chi connectivity index (χ1n) is 8.17. The second-order valence-corrected chi connectivity index (χ2v) is 7.68. The Morgan fingerprint density at radius 3 is 1.93 bits per heavy atom.